The Morgan fingerprint density at radius 2 is 0.915 bits per heavy atom. The third-order valence-corrected chi connectivity index (χ3v) is 16.2. The van der Waals surface area contributed by atoms with Crippen LogP contribution in [-0.2, 0) is 29.4 Å². The molecular formula is C66H100F9N15O4. The van der Waals surface area contributed by atoms with Crippen molar-refractivity contribution in [1.82, 2.24) is 35.2 Å². The highest BCUT2D eigenvalue weighted by atomic mass is 19.4. The number of anilines is 6. The van der Waals surface area contributed by atoms with Crippen molar-refractivity contribution in [3.05, 3.63) is 214 Å². The van der Waals surface area contributed by atoms with Gasteiger partial charge in [-0.05, 0) is 103 Å². The Morgan fingerprint density at radius 3 is 1.24 bits per heavy atom. The number of aliphatic hydroxyl groups is 1. The molecule has 0 radical (unpaired) electrons. The molecule has 4 atom stereocenters. The van der Waals surface area contributed by atoms with Crippen LogP contribution < -0.4 is 49.5 Å². The van der Waals surface area contributed by atoms with Crippen LogP contribution in [0.5, 0.6) is 0 Å². The summed E-state index contributed by atoms with van der Waals surface area (Å²) in [5, 5.41) is 19.7. The number of aliphatic hydroxyl groups excluding tert-OH is 1. The summed E-state index contributed by atoms with van der Waals surface area (Å²) in [7, 11) is 0. The largest absolute Gasteiger partial charge is 0.418 e. The van der Waals surface area contributed by atoms with Gasteiger partial charge in [0.2, 0.25) is 17.3 Å². The highest BCUT2D eigenvalue weighted by Crippen LogP contribution is 2.38. The molecule has 2 aromatic carbocycles. The monoisotopic (exact) mass is 1340 g/mol. The van der Waals surface area contributed by atoms with Gasteiger partial charge in [-0.15, -0.1) is 0 Å². The number of carbonyl (C=O) groups excluding carboxylic acids is 3. The van der Waals surface area contributed by atoms with Crippen LogP contribution in [0.4, 0.5) is 74.4 Å². The zero-order valence-corrected chi connectivity index (χ0v) is 51.6. The van der Waals surface area contributed by atoms with Gasteiger partial charge >= 0.3 is 18.5 Å². The Morgan fingerprint density at radius 1 is 0.553 bits per heavy atom. The van der Waals surface area contributed by atoms with Gasteiger partial charge in [-0.2, -0.15) is 39.5 Å². The first-order chi connectivity index (χ1) is 44.5. The lowest BCUT2D eigenvalue weighted by molar-refractivity contribution is -0.138. The maximum Gasteiger partial charge on any atom is 0.418 e. The number of nitrogen functional groups attached to an aromatic ring is 3. The minimum absolute atomic E-state index is 0. The Hall–Kier alpha value is -9.64. The van der Waals surface area contributed by atoms with Crippen LogP contribution in [0.3, 0.4) is 0 Å². The maximum atomic E-state index is 13.6. The van der Waals surface area contributed by atoms with E-state index in [1.54, 1.807) is 4.90 Å². The Balaban J connectivity index is -0.000000217. The van der Waals surface area contributed by atoms with E-state index < -0.39 is 86.6 Å². The number of ketones is 3. The van der Waals surface area contributed by atoms with Crippen molar-refractivity contribution in [3.63, 3.8) is 0 Å². The summed E-state index contributed by atoms with van der Waals surface area (Å²) in [6.07, 6.45) is -9.47. The summed E-state index contributed by atoms with van der Waals surface area (Å²) < 4.78 is 122. The first kappa shape index (κ1) is 71.8. The van der Waals surface area contributed by atoms with Gasteiger partial charge in [-0.3, -0.25) is 14.4 Å². The predicted molar refractivity (Wildman–Crippen MR) is 370 cm³/mol. The predicted octanol–water partition coefficient (Wildman–Crippen LogP) is 13.6. The Bertz CT molecular complexity index is 3760. The molecule has 7 heterocycles. The summed E-state index contributed by atoms with van der Waals surface area (Å²) in [6.45, 7) is 10.4. The first-order valence-electron chi connectivity index (χ1n) is 29.7. The van der Waals surface area contributed by atoms with Crippen LogP contribution in [0.25, 0.3) is 0 Å². The van der Waals surface area contributed by atoms with E-state index in [0.29, 0.717) is 58.7 Å². The van der Waals surface area contributed by atoms with Gasteiger partial charge in [0.15, 0.2) is 0 Å². The minimum atomic E-state index is -4.76. The van der Waals surface area contributed by atoms with Crippen LogP contribution in [0.1, 0.15) is 136 Å². The summed E-state index contributed by atoms with van der Waals surface area (Å²) in [5.41, 5.74) is 24.3. The molecule has 1 saturated heterocycles. The molecule has 14 N–H and O–H groups in total. The number of hydrogen-bond donors (Lipinski definition) is 9. The molecule has 0 spiro atoms. The lowest BCUT2D eigenvalue weighted by Crippen LogP contribution is -2.57. The van der Waals surface area contributed by atoms with Crippen LogP contribution in [0.15, 0.2) is 152 Å². The molecule has 9 rings (SSSR count). The van der Waals surface area contributed by atoms with Crippen molar-refractivity contribution in [2.24, 2.45) is 17.4 Å². The lowest BCUT2D eigenvalue weighted by atomic mass is 9.78. The van der Waals surface area contributed by atoms with Crippen molar-refractivity contribution >= 4 is 52.3 Å². The zero-order valence-electron chi connectivity index (χ0n) is 51.6. The number of aromatic nitrogens is 6. The molecule has 0 amide bonds. The summed E-state index contributed by atoms with van der Waals surface area (Å²) in [5.74, 6) is -2.83. The van der Waals surface area contributed by atoms with E-state index in [1.807, 2.05) is 88.4 Å². The van der Waals surface area contributed by atoms with E-state index in [-0.39, 0.29) is 83.5 Å². The molecule has 28 heteroatoms. The summed E-state index contributed by atoms with van der Waals surface area (Å²) in [4.78, 5) is 63.9. The number of benzene rings is 2. The van der Waals surface area contributed by atoms with E-state index in [0.717, 1.165) is 29.3 Å². The van der Waals surface area contributed by atoms with Crippen molar-refractivity contribution in [2.75, 3.05) is 78.5 Å². The average molecular weight is 1340 g/mol. The topological polar surface area (TPSA) is 318 Å². The average Bonchev–Trinajstić information content (AvgIpc) is 0.791. The second kappa shape index (κ2) is 30.9. The Labute approximate surface area is 557 Å². The SMILES string of the molecule is CC(C)C(O)C1CN(c2ccc(C(F)(F)F)c(C(=O)c3cccnc3N)n2)CCN1.CC[C@@](CN)(CNc1ccc(C(F)(F)F)c(C(=O)c2cccnc2N)n1)c1ccccc1.CC[C@](CN)(CNc1ccc(C(F)(F)F)c(C(=O)c2cccnc2N)n1)c1ccccc1.[HH].[HH].[HH].[HH].[HH].[HH].[HH].[HH].[HH].[HH].[HH].[HH].[HH].[HH]. The highest BCUT2D eigenvalue weighted by Gasteiger charge is 2.41. The van der Waals surface area contributed by atoms with E-state index in [9.17, 15) is 59.0 Å². The van der Waals surface area contributed by atoms with Gasteiger partial charge in [0, 0.05) is 95.2 Å². The van der Waals surface area contributed by atoms with Gasteiger partial charge in [0.1, 0.15) is 52.0 Å². The van der Waals surface area contributed by atoms with E-state index in [1.165, 1.54) is 73.2 Å². The first-order valence-corrected chi connectivity index (χ1v) is 29.7. The van der Waals surface area contributed by atoms with E-state index in [4.69, 9.17) is 28.7 Å². The number of nitrogens with one attached hydrogen (secondary N) is 3. The number of pyridine rings is 6. The van der Waals surface area contributed by atoms with Crippen LogP contribution in [0, 0.1) is 5.92 Å². The van der Waals surface area contributed by atoms with Gasteiger partial charge in [-0.25, -0.2) is 29.9 Å². The van der Waals surface area contributed by atoms with Crippen molar-refractivity contribution in [1.29, 1.82) is 0 Å². The number of alkyl halides is 9. The molecule has 0 aliphatic carbocycles. The standard InChI is InChI=1S/2C23H24F3N5O.C20H24F3N5O2.14H2/c2*1-2-22(13-27,15-7-4-3-5-8-15)14-30-18-11-10-17(23(24,25)26)19(31-18)20(32)16-9-6-12-29-21(16)28;1-11(2)17(29)14-10-28(9-8-25-14)15-6-5-13(20(21,22)23)16(27-15)18(30)12-4-3-7-26-19(12)24;;;;;;;;;;;;;;/h2*3-12H,2,13-14,27H2,1H3,(H2,28,29)(H,30,31);3-7,11,14,17,25,29H,8-10H2,1-2H3,(H2,24,26);14*1H/t2*22-;;;;;;;;;;;;;;;/m10.............../s1. The van der Waals surface area contributed by atoms with Crippen molar-refractivity contribution < 1.29 is 79.0 Å². The summed E-state index contributed by atoms with van der Waals surface area (Å²) >= 11 is 0. The number of halogens is 9. The molecule has 6 aromatic heterocycles. The van der Waals surface area contributed by atoms with E-state index >= 15 is 0 Å². The molecule has 19 nitrogen and oxygen atoms in total. The normalized spacial score (nSPS) is 15.0. The number of carbonyl (C=O) groups is 3. The highest BCUT2D eigenvalue weighted by molar-refractivity contribution is 6.13. The second-order valence-corrected chi connectivity index (χ2v) is 22.4. The van der Waals surface area contributed by atoms with Gasteiger partial charge < -0.3 is 54.6 Å². The second-order valence-electron chi connectivity index (χ2n) is 22.4. The fourth-order valence-corrected chi connectivity index (χ4v) is 10.5. The molecule has 0 bridgehead atoms. The minimum Gasteiger partial charge on any atom is -0.391 e. The third kappa shape index (κ3) is 17.1. The van der Waals surface area contributed by atoms with E-state index in [2.05, 4.69) is 45.9 Å². The maximum absolute atomic E-state index is 13.6. The quantitative estimate of drug-likeness (QED) is 0.0238. The van der Waals surface area contributed by atoms with Gasteiger partial charge in [-0.1, -0.05) is 88.4 Å². The number of nitrogens with zero attached hydrogens (tertiary/aromatic N) is 7. The van der Waals surface area contributed by atoms with Crippen molar-refractivity contribution in [3.8, 4) is 0 Å². The third-order valence-electron chi connectivity index (χ3n) is 16.2. The number of hydrogen-bond acceptors (Lipinski definition) is 19. The summed E-state index contributed by atoms with van der Waals surface area (Å²) in [6, 6.07) is 33.4. The number of piperazine rings is 1. The number of nitrogens with two attached hydrogens (primary N) is 5. The molecule has 2 unspecified atom stereocenters. The van der Waals surface area contributed by atoms with Crippen LogP contribution >= 0.6 is 0 Å². The molecular weight excluding hydrogens is 1240 g/mol. The van der Waals surface area contributed by atoms with Gasteiger partial charge in [0.25, 0.3) is 0 Å². The molecule has 8 aromatic rings. The smallest absolute Gasteiger partial charge is 0.391 e. The fraction of sp³-hybridized carbons (Fsp3) is 0.318. The zero-order chi connectivity index (χ0) is 68.8. The molecule has 1 aliphatic rings. The molecule has 94 heavy (non-hydrogen) atoms. The molecule has 1 fully saturated rings. The van der Waals surface area contributed by atoms with Crippen LogP contribution in [0.2, 0.25) is 0 Å². The van der Waals surface area contributed by atoms with Gasteiger partial charge in [0.05, 0.1) is 45.5 Å². The lowest BCUT2D eigenvalue weighted by Gasteiger charge is -2.38. The molecule has 1 aliphatic heterocycles. The fourth-order valence-electron chi connectivity index (χ4n) is 10.5. The number of rotatable bonds is 21. The molecule has 526 valence electrons. The Kier molecular flexibility index (Phi) is 23.6. The molecule has 0 saturated carbocycles. The van der Waals surface area contributed by atoms with Crippen LogP contribution in [-0.4, -0.2) is 110 Å². The van der Waals surface area contributed by atoms with Crippen molar-refractivity contribution in [2.45, 2.75) is 82.0 Å².